The number of hydrogen-bond donors (Lipinski definition) is 1. The standard InChI is InChI=1S/C12H9ClFNO2S/c1-17-12(16)11-9(15)5-10(18-11)7-3-2-6(13)4-8(7)14/h2-5H,15H2,1H3. The van der Waals surface area contributed by atoms with Crippen LogP contribution in [0.3, 0.4) is 0 Å². The third kappa shape index (κ3) is 2.32. The van der Waals surface area contributed by atoms with E-state index in [1.54, 1.807) is 18.2 Å². The molecule has 0 radical (unpaired) electrons. The summed E-state index contributed by atoms with van der Waals surface area (Å²) in [4.78, 5) is 12.2. The van der Waals surface area contributed by atoms with E-state index in [4.69, 9.17) is 17.3 Å². The fourth-order valence-corrected chi connectivity index (χ4v) is 2.66. The molecule has 94 valence electrons. The highest BCUT2D eigenvalue weighted by Gasteiger charge is 2.17. The van der Waals surface area contributed by atoms with E-state index >= 15 is 0 Å². The summed E-state index contributed by atoms with van der Waals surface area (Å²) in [5.41, 5.74) is 6.32. The summed E-state index contributed by atoms with van der Waals surface area (Å²) < 4.78 is 18.3. The second-order valence-electron chi connectivity index (χ2n) is 3.51. The van der Waals surface area contributed by atoms with Crippen molar-refractivity contribution in [2.45, 2.75) is 0 Å². The highest BCUT2D eigenvalue weighted by atomic mass is 35.5. The zero-order valence-corrected chi connectivity index (χ0v) is 10.9. The van der Waals surface area contributed by atoms with Crippen LogP contribution in [0.1, 0.15) is 9.67 Å². The largest absolute Gasteiger partial charge is 0.465 e. The lowest BCUT2D eigenvalue weighted by Gasteiger charge is -1.99. The molecule has 0 aliphatic heterocycles. The second-order valence-corrected chi connectivity index (χ2v) is 5.00. The van der Waals surface area contributed by atoms with Gasteiger partial charge in [0.25, 0.3) is 0 Å². The molecule has 2 N–H and O–H groups in total. The minimum atomic E-state index is -0.530. The van der Waals surface area contributed by atoms with Crippen molar-refractivity contribution in [3.05, 3.63) is 40.0 Å². The average molecular weight is 286 g/mol. The van der Waals surface area contributed by atoms with Crippen LogP contribution in [0.5, 0.6) is 0 Å². The molecular weight excluding hydrogens is 277 g/mol. The van der Waals surface area contributed by atoms with E-state index in [-0.39, 0.29) is 10.6 Å². The SMILES string of the molecule is COC(=O)c1sc(-c2ccc(Cl)cc2F)cc1N. The van der Waals surface area contributed by atoms with Crippen molar-refractivity contribution >= 4 is 34.6 Å². The number of methoxy groups -OCH3 is 1. The minimum Gasteiger partial charge on any atom is -0.465 e. The maximum atomic E-state index is 13.7. The van der Waals surface area contributed by atoms with Gasteiger partial charge in [-0.2, -0.15) is 0 Å². The van der Waals surface area contributed by atoms with Crippen LogP contribution in [0.25, 0.3) is 10.4 Å². The van der Waals surface area contributed by atoms with E-state index in [9.17, 15) is 9.18 Å². The van der Waals surface area contributed by atoms with Gasteiger partial charge in [0.1, 0.15) is 10.7 Å². The summed E-state index contributed by atoms with van der Waals surface area (Å²) in [6.07, 6.45) is 0. The lowest BCUT2D eigenvalue weighted by Crippen LogP contribution is -2.00. The number of anilines is 1. The number of nitrogen functional groups attached to an aromatic ring is 1. The number of benzene rings is 1. The number of carbonyl (C=O) groups excluding carboxylic acids is 1. The van der Waals surface area contributed by atoms with Gasteiger partial charge in [0.2, 0.25) is 0 Å². The van der Waals surface area contributed by atoms with E-state index < -0.39 is 11.8 Å². The number of nitrogens with two attached hydrogens (primary N) is 1. The van der Waals surface area contributed by atoms with E-state index in [2.05, 4.69) is 4.74 Å². The predicted octanol–water partition coefficient (Wildman–Crippen LogP) is 3.58. The molecule has 0 unspecified atom stereocenters. The van der Waals surface area contributed by atoms with Gasteiger partial charge in [0.15, 0.2) is 0 Å². The number of thiophene rings is 1. The number of esters is 1. The van der Waals surface area contributed by atoms with Crippen LogP contribution in [0.2, 0.25) is 5.02 Å². The third-order valence-corrected chi connectivity index (χ3v) is 3.73. The van der Waals surface area contributed by atoms with Crippen molar-refractivity contribution < 1.29 is 13.9 Å². The van der Waals surface area contributed by atoms with Crippen LogP contribution in [0.15, 0.2) is 24.3 Å². The van der Waals surface area contributed by atoms with Gasteiger partial charge in [0.05, 0.1) is 12.8 Å². The summed E-state index contributed by atoms with van der Waals surface area (Å²) >= 11 is 6.76. The molecule has 0 bridgehead atoms. The molecule has 1 aromatic heterocycles. The fourth-order valence-electron chi connectivity index (χ4n) is 1.48. The van der Waals surface area contributed by atoms with Crippen molar-refractivity contribution in [2.24, 2.45) is 0 Å². The van der Waals surface area contributed by atoms with E-state index in [1.165, 1.54) is 13.2 Å². The Hall–Kier alpha value is -1.59. The summed E-state index contributed by atoms with van der Waals surface area (Å²) in [7, 11) is 1.27. The number of ether oxygens (including phenoxy) is 1. The van der Waals surface area contributed by atoms with Crippen molar-refractivity contribution in [2.75, 3.05) is 12.8 Å². The van der Waals surface area contributed by atoms with Gasteiger partial charge >= 0.3 is 5.97 Å². The Labute approximate surface area is 112 Å². The van der Waals surface area contributed by atoms with E-state index in [0.717, 1.165) is 11.3 Å². The van der Waals surface area contributed by atoms with Crippen LogP contribution in [-0.2, 0) is 4.74 Å². The Balaban J connectivity index is 2.49. The average Bonchev–Trinajstić information content (AvgIpc) is 2.70. The minimum absolute atomic E-state index is 0.266. The number of rotatable bonds is 2. The van der Waals surface area contributed by atoms with Gasteiger partial charge in [-0.1, -0.05) is 11.6 Å². The van der Waals surface area contributed by atoms with E-state index in [0.29, 0.717) is 15.5 Å². The molecule has 1 heterocycles. The molecule has 18 heavy (non-hydrogen) atoms. The third-order valence-electron chi connectivity index (χ3n) is 2.33. The van der Waals surface area contributed by atoms with Gasteiger partial charge in [0, 0.05) is 15.5 Å². The Kier molecular flexibility index (Phi) is 3.54. The summed E-state index contributed by atoms with van der Waals surface area (Å²) in [5.74, 6) is -0.988. The quantitative estimate of drug-likeness (QED) is 0.858. The van der Waals surface area contributed by atoms with Crippen molar-refractivity contribution in [1.82, 2.24) is 0 Å². The normalized spacial score (nSPS) is 10.4. The second kappa shape index (κ2) is 4.96. The zero-order valence-electron chi connectivity index (χ0n) is 9.37. The first-order chi connectivity index (χ1) is 8.52. The highest BCUT2D eigenvalue weighted by Crippen LogP contribution is 2.35. The smallest absolute Gasteiger partial charge is 0.350 e. The van der Waals surface area contributed by atoms with Gasteiger partial charge in [-0.25, -0.2) is 9.18 Å². The Morgan fingerprint density at radius 3 is 2.78 bits per heavy atom. The molecule has 2 rings (SSSR count). The Morgan fingerprint density at radius 2 is 2.17 bits per heavy atom. The maximum absolute atomic E-state index is 13.7. The van der Waals surface area contributed by atoms with E-state index in [1.807, 2.05) is 0 Å². The van der Waals surface area contributed by atoms with Gasteiger partial charge < -0.3 is 10.5 Å². The molecule has 0 amide bonds. The number of carbonyl (C=O) groups is 1. The van der Waals surface area contributed by atoms with Crippen molar-refractivity contribution in [3.8, 4) is 10.4 Å². The predicted molar refractivity (Wildman–Crippen MR) is 70.5 cm³/mol. The van der Waals surface area contributed by atoms with Crippen LogP contribution in [-0.4, -0.2) is 13.1 Å². The summed E-state index contributed by atoms with van der Waals surface area (Å²) in [5, 5.41) is 0.314. The molecular formula is C12H9ClFNO2S. The monoisotopic (exact) mass is 285 g/mol. The van der Waals surface area contributed by atoms with Gasteiger partial charge in [-0.3, -0.25) is 0 Å². The highest BCUT2D eigenvalue weighted by molar-refractivity contribution is 7.18. The molecule has 0 spiro atoms. The first-order valence-corrected chi connectivity index (χ1v) is 6.15. The van der Waals surface area contributed by atoms with Crippen molar-refractivity contribution in [1.29, 1.82) is 0 Å². The molecule has 3 nitrogen and oxygen atoms in total. The number of hydrogen-bond acceptors (Lipinski definition) is 4. The van der Waals surface area contributed by atoms with Gasteiger partial charge in [-0.05, 0) is 24.3 Å². The van der Waals surface area contributed by atoms with Crippen molar-refractivity contribution in [3.63, 3.8) is 0 Å². The fraction of sp³-hybridized carbons (Fsp3) is 0.0833. The first-order valence-electron chi connectivity index (χ1n) is 4.96. The number of halogens is 2. The molecule has 0 aliphatic rings. The molecule has 0 saturated heterocycles. The first kappa shape index (κ1) is 12.9. The summed E-state index contributed by atoms with van der Waals surface area (Å²) in [6, 6.07) is 5.88. The van der Waals surface area contributed by atoms with Gasteiger partial charge in [-0.15, -0.1) is 11.3 Å². The topological polar surface area (TPSA) is 52.3 Å². The molecule has 0 fully saturated rings. The van der Waals surface area contributed by atoms with Crippen LogP contribution < -0.4 is 5.73 Å². The lowest BCUT2D eigenvalue weighted by atomic mass is 10.1. The van der Waals surface area contributed by atoms with Crippen LogP contribution >= 0.6 is 22.9 Å². The molecule has 6 heteroatoms. The molecule has 0 aliphatic carbocycles. The maximum Gasteiger partial charge on any atom is 0.350 e. The van der Waals surface area contributed by atoms with Crippen LogP contribution in [0, 0.1) is 5.82 Å². The lowest BCUT2D eigenvalue weighted by molar-refractivity contribution is 0.0607. The molecule has 1 aromatic carbocycles. The Morgan fingerprint density at radius 1 is 1.44 bits per heavy atom. The van der Waals surface area contributed by atoms with Crippen LogP contribution in [0.4, 0.5) is 10.1 Å². The zero-order chi connectivity index (χ0) is 13.3. The molecule has 0 atom stereocenters. The molecule has 0 saturated carbocycles. The Bertz CT molecular complexity index is 612. The molecule has 2 aromatic rings. The summed E-state index contributed by atoms with van der Waals surface area (Å²) in [6.45, 7) is 0.